The number of carbonyl (C=O) groups excluding carboxylic acids is 1. The number of amides is 1. The van der Waals surface area contributed by atoms with Crippen molar-refractivity contribution in [1.82, 2.24) is 5.32 Å². The standard InChI is InChI=1S/C11H15BrN2O2S/c12-10-4-2-8(17-10)6-14-11(15)9-3-1-7(5-13)16-9/h2,4,7,9H,1,3,5-6,13H2,(H,14,15). The summed E-state index contributed by atoms with van der Waals surface area (Å²) < 4.78 is 6.59. The van der Waals surface area contributed by atoms with Gasteiger partial charge in [0.2, 0.25) is 5.91 Å². The molecule has 0 radical (unpaired) electrons. The number of thiophene rings is 1. The smallest absolute Gasteiger partial charge is 0.249 e. The monoisotopic (exact) mass is 318 g/mol. The largest absolute Gasteiger partial charge is 0.364 e. The third-order valence-corrected chi connectivity index (χ3v) is 4.35. The van der Waals surface area contributed by atoms with E-state index >= 15 is 0 Å². The molecule has 1 saturated heterocycles. The van der Waals surface area contributed by atoms with Crippen LogP contribution in [0.4, 0.5) is 0 Å². The lowest BCUT2D eigenvalue weighted by Gasteiger charge is -2.12. The van der Waals surface area contributed by atoms with Crippen LogP contribution >= 0.6 is 27.3 Å². The van der Waals surface area contributed by atoms with Crippen molar-refractivity contribution < 1.29 is 9.53 Å². The van der Waals surface area contributed by atoms with Gasteiger partial charge < -0.3 is 15.8 Å². The van der Waals surface area contributed by atoms with Gasteiger partial charge in [-0.1, -0.05) is 0 Å². The summed E-state index contributed by atoms with van der Waals surface area (Å²) in [5.74, 6) is -0.0366. The Morgan fingerprint density at radius 1 is 1.59 bits per heavy atom. The molecule has 1 aliphatic rings. The lowest BCUT2D eigenvalue weighted by Crippen LogP contribution is -2.34. The van der Waals surface area contributed by atoms with Crippen LogP contribution in [0, 0.1) is 0 Å². The molecule has 1 aromatic heterocycles. The predicted molar refractivity (Wildman–Crippen MR) is 70.8 cm³/mol. The number of halogens is 1. The fraction of sp³-hybridized carbons (Fsp3) is 0.545. The second-order valence-electron chi connectivity index (χ2n) is 3.98. The minimum atomic E-state index is -0.327. The first-order chi connectivity index (χ1) is 8.19. The summed E-state index contributed by atoms with van der Waals surface area (Å²) in [5, 5.41) is 2.88. The van der Waals surface area contributed by atoms with Crippen LogP contribution in [0.5, 0.6) is 0 Å². The molecule has 0 saturated carbocycles. The third kappa shape index (κ3) is 3.51. The normalized spacial score (nSPS) is 23.9. The van der Waals surface area contributed by atoms with E-state index in [0.29, 0.717) is 13.1 Å². The van der Waals surface area contributed by atoms with Gasteiger partial charge in [0.25, 0.3) is 0 Å². The van der Waals surface area contributed by atoms with Gasteiger partial charge >= 0.3 is 0 Å². The topological polar surface area (TPSA) is 64.4 Å². The molecule has 17 heavy (non-hydrogen) atoms. The van der Waals surface area contributed by atoms with Gasteiger partial charge in [0, 0.05) is 11.4 Å². The van der Waals surface area contributed by atoms with Crippen molar-refractivity contribution in [2.45, 2.75) is 31.6 Å². The van der Waals surface area contributed by atoms with Crippen LogP contribution in [0.1, 0.15) is 17.7 Å². The van der Waals surface area contributed by atoms with Crippen molar-refractivity contribution in [3.8, 4) is 0 Å². The van der Waals surface area contributed by atoms with E-state index in [9.17, 15) is 4.79 Å². The Balaban J connectivity index is 1.78. The molecule has 1 aromatic rings. The van der Waals surface area contributed by atoms with E-state index in [0.717, 1.165) is 21.5 Å². The lowest BCUT2D eigenvalue weighted by atomic mass is 10.2. The van der Waals surface area contributed by atoms with Gasteiger partial charge in [-0.2, -0.15) is 0 Å². The molecule has 6 heteroatoms. The Hall–Kier alpha value is -0.430. The number of rotatable bonds is 4. The summed E-state index contributed by atoms with van der Waals surface area (Å²) in [5.41, 5.74) is 5.50. The van der Waals surface area contributed by atoms with Crippen molar-refractivity contribution in [1.29, 1.82) is 0 Å². The molecule has 2 heterocycles. The van der Waals surface area contributed by atoms with Gasteiger partial charge in [0.05, 0.1) is 16.4 Å². The first kappa shape index (κ1) is 13.0. The van der Waals surface area contributed by atoms with E-state index in [1.54, 1.807) is 11.3 Å². The first-order valence-corrected chi connectivity index (χ1v) is 7.17. The molecular formula is C11H15BrN2O2S. The van der Waals surface area contributed by atoms with Crippen LogP contribution in [-0.2, 0) is 16.1 Å². The first-order valence-electron chi connectivity index (χ1n) is 5.56. The van der Waals surface area contributed by atoms with Crippen molar-refractivity contribution >= 4 is 33.2 Å². The van der Waals surface area contributed by atoms with Crippen LogP contribution in [0.25, 0.3) is 0 Å². The zero-order chi connectivity index (χ0) is 12.3. The molecule has 2 unspecified atom stereocenters. The zero-order valence-corrected chi connectivity index (χ0v) is 11.7. The molecule has 0 aromatic carbocycles. The number of nitrogens with one attached hydrogen (secondary N) is 1. The van der Waals surface area contributed by atoms with Crippen molar-refractivity contribution in [2.24, 2.45) is 5.73 Å². The SMILES string of the molecule is NCC1CCC(C(=O)NCc2ccc(Br)s2)O1. The molecule has 2 atom stereocenters. The molecule has 3 N–H and O–H groups in total. The predicted octanol–water partition coefficient (Wildman–Crippen LogP) is 1.63. The Labute approximate surface area is 113 Å². The second-order valence-corrected chi connectivity index (χ2v) is 6.53. The van der Waals surface area contributed by atoms with E-state index in [1.165, 1.54) is 0 Å². The molecule has 0 aliphatic carbocycles. The number of nitrogens with two attached hydrogens (primary N) is 1. The highest BCUT2D eigenvalue weighted by molar-refractivity contribution is 9.11. The van der Waals surface area contributed by atoms with Crippen molar-refractivity contribution in [2.75, 3.05) is 6.54 Å². The molecule has 1 fully saturated rings. The van der Waals surface area contributed by atoms with E-state index < -0.39 is 0 Å². The Kier molecular flexibility index (Phi) is 4.55. The average molecular weight is 319 g/mol. The van der Waals surface area contributed by atoms with Gasteiger partial charge in [-0.25, -0.2) is 0 Å². The molecule has 1 aliphatic heterocycles. The maximum absolute atomic E-state index is 11.8. The maximum atomic E-state index is 11.8. The van der Waals surface area contributed by atoms with E-state index in [4.69, 9.17) is 10.5 Å². The number of ether oxygens (including phenoxy) is 1. The van der Waals surface area contributed by atoms with Gasteiger partial charge in [-0.15, -0.1) is 11.3 Å². The number of hydrogen-bond donors (Lipinski definition) is 2. The molecule has 4 nitrogen and oxygen atoms in total. The lowest BCUT2D eigenvalue weighted by molar-refractivity contribution is -0.132. The van der Waals surface area contributed by atoms with Crippen molar-refractivity contribution in [3.05, 3.63) is 20.8 Å². The van der Waals surface area contributed by atoms with Crippen LogP contribution < -0.4 is 11.1 Å². The molecule has 0 bridgehead atoms. The quantitative estimate of drug-likeness (QED) is 0.887. The fourth-order valence-electron chi connectivity index (χ4n) is 1.81. The van der Waals surface area contributed by atoms with E-state index in [-0.39, 0.29) is 18.1 Å². The fourth-order valence-corrected chi connectivity index (χ4v) is 3.23. The molecule has 2 rings (SSSR count). The highest BCUT2D eigenvalue weighted by Gasteiger charge is 2.29. The maximum Gasteiger partial charge on any atom is 0.249 e. The minimum Gasteiger partial charge on any atom is -0.364 e. The summed E-state index contributed by atoms with van der Waals surface area (Å²) in [6.07, 6.45) is 1.36. The Morgan fingerprint density at radius 2 is 2.41 bits per heavy atom. The summed E-state index contributed by atoms with van der Waals surface area (Å²) in [7, 11) is 0. The Bertz CT molecular complexity index is 397. The van der Waals surface area contributed by atoms with E-state index in [1.807, 2.05) is 12.1 Å². The molecule has 94 valence electrons. The molecule has 1 amide bonds. The van der Waals surface area contributed by atoms with Gasteiger partial charge in [0.1, 0.15) is 6.10 Å². The summed E-state index contributed by atoms with van der Waals surface area (Å²) in [6, 6.07) is 3.97. The zero-order valence-electron chi connectivity index (χ0n) is 9.32. The van der Waals surface area contributed by atoms with Crippen LogP contribution in [0.15, 0.2) is 15.9 Å². The van der Waals surface area contributed by atoms with Crippen LogP contribution in [-0.4, -0.2) is 24.7 Å². The van der Waals surface area contributed by atoms with Gasteiger partial charge in [-0.3, -0.25) is 4.79 Å². The second kappa shape index (κ2) is 5.95. The molecular weight excluding hydrogens is 304 g/mol. The van der Waals surface area contributed by atoms with Crippen LogP contribution in [0.2, 0.25) is 0 Å². The minimum absolute atomic E-state index is 0.0366. The summed E-state index contributed by atoms with van der Waals surface area (Å²) in [4.78, 5) is 12.9. The third-order valence-electron chi connectivity index (χ3n) is 2.73. The highest BCUT2D eigenvalue weighted by Crippen LogP contribution is 2.22. The number of carbonyl (C=O) groups is 1. The van der Waals surface area contributed by atoms with Gasteiger partial charge in [0.15, 0.2) is 0 Å². The summed E-state index contributed by atoms with van der Waals surface area (Å²) >= 11 is 5.01. The average Bonchev–Trinajstić information content (AvgIpc) is 2.94. The molecule has 0 spiro atoms. The Morgan fingerprint density at radius 3 is 3.00 bits per heavy atom. The van der Waals surface area contributed by atoms with Gasteiger partial charge in [-0.05, 0) is 40.9 Å². The van der Waals surface area contributed by atoms with E-state index in [2.05, 4.69) is 21.2 Å². The number of hydrogen-bond acceptors (Lipinski definition) is 4. The van der Waals surface area contributed by atoms with Crippen LogP contribution in [0.3, 0.4) is 0 Å². The van der Waals surface area contributed by atoms with Crippen molar-refractivity contribution in [3.63, 3.8) is 0 Å². The summed E-state index contributed by atoms with van der Waals surface area (Å²) in [6.45, 7) is 1.05. The highest BCUT2D eigenvalue weighted by atomic mass is 79.9.